The van der Waals surface area contributed by atoms with E-state index in [1.165, 1.54) is 39.1 Å². The molecule has 1 aliphatic rings. The molecular formula is C11H20N4. The molecule has 0 aromatic carbocycles. The largest absolute Gasteiger partial charge is 0.304 e. The average molecular weight is 208 g/mol. The zero-order valence-corrected chi connectivity index (χ0v) is 9.47. The first-order valence-electron chi connectivity index (χ1n) is 5.73. The van der Waals surface area contributed by atoms with Crippen LogP contribution in [0.5, 0.6) is 0 Å². The Morgan fingerprint density at radius 1 is 1.13 bits per heavy atom. The van der Waals surface area contributed by atoms with Gasteiger partial charge in [0, 0.05) is 45.1 Å². The zero-order chi connectivity index (χ0) is 10.5. The molecule has 0 bridgehead atoms. The maximum absolute atomic E-state index is 4.20. The first kappa shape index (κ1) is 10.6. The lowest BCUT2D eigenvalue weighted by molar-refractivity contribution is 0.151. The quantitative estimate of drug-likeness (QED) is 0.721. The monoisotopic (exact) mass is 208 g/mol. The smallest absolute Gasteiger partial charge is 0.0489 e. The molecule has 4 heteroatoms. The minimum atomic E-state index is 1.04. The summed E-state index contributed by atoms with van der Waals surface area (Å²) in [5.74, 6) is 0. The molecule has 1 saturated heterocycles. The zero-order valence-electron chi connectivity index (χ0n) is 9.47. The van der Waals surface area contributed by atoms with Crippen LogP contribution in [0.1, 0.15) is 6.42 Å². The van der Waals surface area contributed by atoms with Crippen molar-refractivity contribution in [2.45, 2.75) is 13.0 Å². The molecule has 2 rings (SSSR count). The Balaban J connectivity index is 1.62. The van der Waals surface area contributed by atoms with Gasteiger partial charge >= 0.3 is 0 Å². The van der Waals surface area contributed by atoms with E-state index in [4.69, 9.17) is 0 Å². The van der Waals surface area contributed by atoms with Crippen LogP contribution in [0.25, 0.3) is 0 Å². The molecule has 1 aliphatic heterocycles. The number of piperazine rings is 1. The third kappa shape index (κ3) is 3.32. The SMILES string of the molecule is CN1CCN(CCCn2cccn2)CC1. The summed E-state index contributed by atoms with van der Waals surface area (Å²) in [5.41, 5.74) is 0. The van der Waals surface area contributed by atoms with Gasteiger partial charge in [0.15, 0.2) is 0 Å². The van der Waals surface area contributed by atoms with Gasteiger partial charge < -0.3 is 9.80 Å². The van der Waals surface area contributed by atoms with E-state index in [9.17, 15) is 0 Å². The van der Waals surface area contributed by atoms with Crippen molar-refractivity contribution in [2.75, 3.05) is 39.8 Å². The minimum Gasteiger partial charge on any atom is -0.304 e. The Hall–Kier alpha value is -0.870. The van der Waals surface area contributed by atoms with Gasteiger partial charge in [0.1, 0.15) is 0 Å². The van der Waals surface area contributed by atoms with Crippen molar-refractivity contribution in [3.63, 3.8) is 0 Å². The maximum atomic E-state index is 4.20. The van der Waals surface area contributed by atoms with Crippen LogP contribution in [0.15, 0.2) is 18.5 Å². The van der Waals surface area contributed by atoms with Crippen LogP contribution in [-0.2, 0) is 6.54 Å². The van der Waals surface area contributed by atoms with Crippen molar-refractivity contribution >= 4 is 0 Å². The van der Waals surface area contributed by atoms with Gasteiger partial charge in [0.2, 0.25) is 0 Å². The summed E-state index contributed by atoms with van der Waals surface area (Å²) in [7, 11) is 2.20. The second-order valence-electron chi connectivity index (χ2n) is 4.27. The highest BCUT2D eigenvalue weighted by Crippen LogP contribution is 2.00. The van der Waals surface area contributed by atoms with Gasteiger partial charge in [0.25, 0.3) is 0 Å². The van der Waals surface area contributed by atoms with Crippen LogP contribution in [-0.4, -0.2) is 59.4 Å². The van der Waals surface area contributed by atoms with Crippen LogP contribution in [0.4, 0.5) is 0 Å². The topological polar surface area (TPSA) is 24.3 Å². The van der Waals surface area contributed by atoms with E-state index in [1.807, 2.05) is 23.1 Å². The number of likely N-dealkylation sites (N-methyl/N-ethyl adjacent to an activating group) is 1. The van der Waals surface area contributed by atoms with Crippen LogP contribution in [0, 0.1) is 0 Å². The first-order valence-corrected chi connectivity index (χ1v) is 5.73. The number of nitrogens with zero attached hydrogens (tertiary/aromatic N) is 4. The molecule has 0 unspecified atom stereocenters. The molecule has 0 aliphatic carbocycles. The van der Waals surface area contributed by atoms with Gasteiger partial charge in [-0.15, -0.1) is 0 Å². The number of aromatic nitrogens is 2. The summed E-state index contributed by atoms with van der Waals surface area (Å²) in [4.78, 5) is 4.94. The fourth-order valence-corrected chi connectivity index (χ4v) is 1.96. The number of aryl methyl sites for hydroxylation is 1. The Kier molecular flexibility index (Phi) is 3.75. The van der Waals surface area contributed by atoms with Crippen molar-refractivity contribution in [1.82, 2.24) is 19.6 Å². The molecular weight excluding hydrogens is 188 g/mol. The number of hydrogen-bond acceptors (Lipinski definition) is 3. The molecule has 0 saturated carbocycles. The molecule has 0 N–H and O–H groups in total. The summed E-state index contributed by atoms with van der Waals surface area (Å²) in [6.07, 6.45) is 5.07. The fourth-order valence-electron chi connectivity index (χ4n) is 1.96. The highest BCUT2D eigenvalue weighted by Gasteiger charge is 2.12. The molecule has 1 aromatic rings. The summed E-state index contributed by atoms with van der Waals surface area (Å²) >= 11 is 0. The van der Waals surface area contributed by atoms with Crippen molar-refractivity contribution in [2.24, 2.45) is 0 Å². The molecule has 0 amide bonds. The lowest BCUT2D eigenvalue weighted by atomic mass is 10.3. The van der Waals surface area contributed by atoms with Crippen molar-refractivity contribution in [1.29, 1.82) is 0 Å². The Labute approximate surface area is 91.5 Å². The van der Waals surface area contributed by atoms with Gasteiger partial charge in [0.05, 0.1) is 0 Å². The lowest BCUT2D eigenvalue weighted by Gasteiger charge is -2.32. The van der Waals surface area contributed by atoms with Crippen molar-refractivity contribution in [3.8, 4) is 0 Å². The standard InChI is InChI=1S/C11H20N4/c1-13-8-10-14(11-9-13)5-3-7-15-6-2-4-12-15/h2,4,6H,3,5,7-11H2,1H3. The fraction of sp³-hybridized carbons (Fsp3) is 0.727. The second kappa shape index (κ2) is 5.28. The Morgan fingerprint density at radius 2 is 1.93 bits per heavy atom. The van der Waals surface area contributed by atoms with E-state index >= 15 is 0 Å². The Bertz CT molecular complexity index is 262. The van der Waals surface area contributed by atoms with E-state index in [0.29, 0.717) is 0 Å². The van der Waals surface area contributed by atoms with Gasteiger partial charge in [-0.05, 0) is 26.1 Å². The molecule has 0 radical (unpaired) electrons. The molecule has 0 spiro atoms. The van der Waals surface area contributed by atoms with Crippen molar-refractivity contribution < 1.29 is 0 Å². The summed E-state index contributed by atoms with van der Waals surface area (Å²) < 4.78 is 2.01. The predicted molar refractivity (Wildman–Crippen MR) is 60.8 cm³/mol. The predicted octanol–water partition coefficient (Wildman–Crippen LogP) is 0.521. The van der Waals surface area contributed by atoms with Gasteiger partial charge in [-0.1, -0.05) is 0 Å². The number of rotatable bonds is 4. The third-order valence-electron chi connectivity index (χ3n) is 3.02. The van der Waals surface area contributed by atoms with Gasteiger partial charge in [-0.2, -0.15) is 5.10 Å². The van der Waals surface area contributed by atoms with Crippen LogP contribution < -0.4 is 0 Å². The van der Waals surface area contributed by atoms with Crippen LogP contribution >= 0.6 is 0 Å². The molecule has 15 heavy (non-hydrogen) atoms. The molecule has 84 valence electrons. The molecule has 4 nitrogen and oxygen atoms in total. The van der Waals surface area contributed by atoms with Gasteiger partial charge in [-0.25, -0.2) is 0 Å². The van der Waals surface area contributed by atoms with Crippen molar-refractivity contribution in [3.05, 3.63) is 18.5 Å². The lowest BCUT2D eigenvalue weighted by Crippen LogP contribution is -2.44. The van der Waals surface area contributed by atoms with Crippen LogP contribution in [0.2, 0.25) is 0 Å². The minimum absolute atomic E-state index is 1.04. The molecule has 1 aromatic heterocycles. The third-order valence-corrected chi connectivity index (χ3v) is 3.02. The molecule has 2 heterocycles. The summed E-state index contributed by atoms with van der Waals surface area (Å²) in [6, 6.07) is 1.98. The van der Waals surface area contributed by atoms with E-state index in [0.717, 1.165) is 6.54 Å². The van der Waals surface area contributed by atoms with E-state index < -0.39 is 0 Å². The van der Waals surface area contributed by atoms with E-state index in [2.05, 4.69) is 21.9 Å². The highest BCUT2D eigenvalue weighted by atomic mass is 15.3. The van der Waals surface area contributed by atoms with Gasteiger partial charge in [-0.3, -0.25) is 4.68 Å². The van der Waals surface area contributed by atoms with E-state index in [1.54, 1.807) is 0 Å². The average Bonchev–Trinajstić information content (AvgIpc) is 2.74. The Morgan fingerprint density at radius 3 is 2.60 bits per heavy atom. The molecule has 0 atom stereocenters. The first-order chi connectivity index (χ1) is 7.34. The normalized spacial score (nSPS) is 19.5. The summed E-state index contributed by atoms with van der Waals surface area (Å²) in [5, 5.41) is 4.20. The number of hydrogen-bond donors (Lipinski definition) is 0. The second-order valence-corrected chi connectivity index (χ2v) is 4.27. The maximum Gasteiger partial charge on any atom is 0.0489 e. The summed E-state index contributed by atoms with van der Waals surface area (Å²) in [6.45, 7) is 7.10. The van der Waals surface area contributed by atoms with Crippen LogP contribution in [0.3, 0.4) is 0 Å². The van der Waals surface area contributed by atoms with E-state index in [-0.39, 0.29) is 0 Å². The molecule has 1 fully saturated rings. The highest BCUT2D eigenvalue weighted by molar-refractivity contribution is 4.77.